The number of benzene rings is 2. The molecule has 0 aliphatic carbocycles. The lowest BCUT2D eigenvalue weighted by Crippen LogP contribution is -2.21. The Labute approximate surface area is 156 Å². The van der Waals surface area contributed by atoms with Gasteiger partial charge in [-0.25, -0.2) is 5.43 Å². The van der Waals surface area contributed by atoms with Crippen LogP contribution in [0.3, 0.4) is 0 Å². The van der Waals surface area contributed by atoms with Gasteiger partial charge in [-0.3, -0.25) is 9.59 Å². The largest absolute Gasteiger partial charge is 0.507 e. The Bertz CT molecular complexity index is 850. The average Bonchev–Trinajstić information content (AvgIpc) is 2.59. The van der Waals surface area contributed by atoms with Gasteiger partial charge in [-0.15, -0.1) is 0 Å². The Morgan fingerprint density at radius 1 is 1.12 bits per heavy atom. The van der Waals surface area contributed by atoms with E-state index in [4.69, 9.17) is 11.6 Å². The third kappa shape index (κ3) is 5.89. The molecule has 0 aliphatic rings. The van der Waals surface area contributed by atoms with E-state index in [-0.39, 0.29) is 24.5 Å². The predicted octanol–water partition coefficient (Wildman–Crippen LogP) is 3.53. The standard InChI is InChI=1S/C19H20ClN3O3/c1-12-3-4-13(2)16(9-12)22-18(25)7-8-19(26)23-21-11-14-10-15(20)5-6-17(14)24/h3-6,9-11,24H,7-8H2,1-2H3,(H,22,25)(H,23,26)/b21-11+. The van der Waals surface area contributed by atoms with Crippen molar-refractivity contribution in [1.29, 1.82) is 0 Å². The summed E-state index contributed by atoms with van der Waals surface area (Å²) < 4.78 is 0. The molecule has 0 saturated carbocycles. The third-order valence-electron chi connectivity index (χ3n) is 3.63. The van der Waals surface area contributed by atoms with Crippen LogP contribution in [0.1, 0.15) is 29.5 Å². The molecule has 0 atom stereocenters. The molecule has 7 heteroatoms. The predicted molar refractivity (Wildman–Crippen MR) is 103 cm³/mol. The van der Waals surface area contributed by atoms with E-state index in [9.17, 15) is 14.7 Å². The molecule has 0 fully saturated rings. The molecule has 2 rings (SSSR count). The number of phenols is 1. The summed E-state index contributed by atoms with van der Waals surface area (Å²) >= 11 is 5.83. The van der Waals surface area contributed by atoms with Gasteiger partial charge in [-0.1, -0.05) is 23.7 Å². The number of nitrogens with one attached hydrogen (secondary N) is 2. The number of aryl methyl sites for hydroxylation is 2. The number of hydrogen-bond acceptors (Lipinski definition) is 4. The fraction of sp³-hybridized carbons (Fsp3) is 0.211. The molecule has 0 bridgehead atoms. The molecular formula is C19H20ClN3O3. The topological polar surface area (TPSA) is 90.8 Å². The maximum atomic E-state index is 12.0. The minimum Gasteiger partial charge on any atom is -0.507 e. The fourth-order valence-electron chi connectivity index (χ4n) is 2.17. The first-order valence-corrected chi connectivity index (χ1v) is 8.40. The monoisotopic (exact) mass is 373 g/mol. The van der Waals surface area contributed by atoms with Gasteiger partial charge in [0.1, 0.15) is 5.75 Å². The second kappa shape index (κ2) is 9.01. The average molecular weight is 374 g/mol. The van der Waals surface area contributed by atoms with Gasteiger partial charge in [-0.2, -0.15) is 5.10 Å². The number of nitrogens with zero attached hydrogens (tertiary/aromatic N) is 1. The zero-order chi connectivity index (χ0) is 19.1. The summed E-state index contributed by atoms with van der Waals surface area (Å²) in [6.07, 6.45) is 1.32. The summed E-state index contributed by atoms with van der Waals surface area (Å²) in [5.41, 5.74) is 5.44. The van der Waals surface area contributed by atoms with Gasteiger partial charge in [0.25, 0.3) is 0 Å². The van der Waals surface area contributed by atoms with Gasteiger partial charge >= 0.3 is 0 Å². The minimum atomic E-state index is -0.404. The Morgan fingerprint density at radius 2 is 1.85 bits per heavy atom. The van der Waals surface area contributed by atoms with Gasteiger partial charge in [0.05, 0.1) is 6.21 Å². The number of hydrogen-bond donors (Lipinski definition) is 3. The van der Waals surface area contributed by atoms with Crippen LogP contribution < -0.4 is 10.7 Å². The van der Waals surface area contributed by atoms with Gasteiger partial charge in [0.2, 0.25) is 11.8 Å². The van der Waals surface area contributed by atoms with E-state index in [0.717, 1.165) is 16.8 Å². The molecule has 2 aromatic carbocycles. The molecule has 0 aromatic heterocycles. The van der Waals surface area contributed by atoms with E-state index >= 15 is 0 Å². The minimum absolute atomic E-state index is 0.000279. The number of amides is 2. The first-order chi connectivity index (χ1) is 12.3. The number of anilines is 1. The van der Waals surface area contributed by atoms with Crippen LogP contribution in [0.4, 0.5) is 5.69 Å². The third-order valence-corrected chi connectivity index (χ3v) is 3.86. The van der Waals surface area contributed by atoms with Crippen molar-refractivity contribution in [3.8, 4) is 5.75 Å². The van der Waals surface area contributed by atoms with E-state index in [1.54, 1.807) is 6.07 Å². The molecular weight excluding hydrogens is 354 g/mol. The summed E-state index contributed by atoms with van der Waals surface area (Å²) in [4.78, 5) is 23.8. The lowest BCUT2D eigenvalue weighted by molar-refractivity contribution is -0.124. The van der Waals surface area contributed by atoms with E-state index in [1.165, 1.54) is 18.3 Å². The van der Waals surface area contributed by atoms with Crippen molar-refractivity contribution in [3.63, 3.8) is 0 Å². The highest BCUT2D eigenvalue weighted by molar-refractivity contribution is 6.30. The van der Waals surface area contributed by atoms with Crippen LogP contribution in [0, 0.1) is 13.8 Å². The van der Waals surface area contributed by atoms with Crippen LogP contribution in [-0.2, 0) is 9.59 Å². The molecule has 3 N–H and O–H groups in total. The van der Waals surface area contributed by atoms with Crippen LogP contribution in [0.25, 0.3) is 0 Å². The molecule has 0 heterocycles. The van der Waals surface area contributed by atoms with Crippen LogP contribution in [-0.4, -0.2) is 23.1 Å². The van der Waals surface area contributed by atoms with E-state index in [1.807, 2.05) is 32.0 Å². The van der Waals surface area contributed by atoms with Crippen LogP contribution >= 0.6 is 11.6 Å². The molecule has 0 saturated heterocycles. The SMILES string of the molecule is Cc1ccc(C)c(NC(=O)CCC(=O)N/N=C/c2cc(Cl)ccc2O)c1. The van der Waals surface area contributed by atoms with Gasteiger partial charge in [0.15, 0.2) is 0 Å². The van der Waals surface area contributed by atoms with Crippen molar-refractivity contribution in [2.24, 2.45) is 5.10 Å². The van der Waals surface area contributed by atoms with Crippen LogP contribution in [0.15, 0.2) is 41.5 Å². The highest BCUT2D eigenvalue weighted by Crippen LogP contribution is 2.19. The molecule has 2 aromatic rings. The Kier molecular flexibility index (Phi) is 6.74. The normalized spacial score (nSPS) is 10.7. The summed E-state index contributed by atoms with van der Waals surface area (Å²) in [6, 6.07) is 10.3. The number of hydrazone groups is 1. The van der Waals surface area contributed by atoms with E-state index in [2.05, 4.69) is 15.8 Å². The number of carbonyl (C=O) groups excluding carboxylic acids is 2. The number of aromatic hydroxyl groups is 1. The Hall–Kier alpha value is -2.86. The molecule has 26 heavy (non-hydrogen) atoms. The zero-order valence-electron chi connectivity index (χ0n) is 14.5. The van der Waals surface area contributed by atoms with Crippen molar-refractivity contribution >= 4 is 35.3 Å². The van der Waals surface area contributed by atoms with Gasteiger partial charge < -0.3 is 10.4 Å². The van der Waals surface area contributed by atoms with Crippen molar-refractivity contribution in [1.82, 2.24) is 5.43 Å². The lowest BCUT2D eigenvalue weighted by Gasteiger charge is -2.09. The van der Waals surface area contributed by atoms with Crippen LogP contribution in [0.2, 0.25) is 5.02 Å². The quantitative estimate of drug-likeness (QED) is 0.534. The smallest absolute Gasteiger partial charge is 0.240 e. The molecule has 0 unspecified atom stereocenters. The molecule has 0 spiro atoms. The van der Waals surface area contributed by atoms with Crippen LogP contribution in [0.5, 0.6) is 5.75 Å². The number of rotatable bonds is 6. The number of phenolic OH excluding ortho intramolecular Hbond substituents is 1. The molecule has 0 aliphatic heterocycles. The van der Waals surface area contributed by atoms with Crippen molar-refractivity contribution in [2.75, 3.05) is 5.32 Å². The number of carbonyl (C=O) groups is 2. The first-order valence-electron chi connectivity index (χ1n) is 8.02. The van der Waals surface area contributed by atoms with E-state index < -0.39 is 5.91 Å². The van der Waals surface area contributed by atoms with Gasteiger partial charge in [-0.05, 0) is 49.2 Å². The highest BCUT2D eigenvalue weighted by atomic mass is 35.5. The van der Waals surface area contributed by atoms with Crippen molar-refractivity contribution in [2.45, 2.75) is 26.7 Å². The molecule has 0 radical (unpaired) electrons. The fourth-order valence-corrected chi connectivity index (χ4v) is 2.35. The van der Waals surface area contributed by atoms with Crippen molar-refractivity contribution in [3.05, 3.63) is 58.1 Å². The molecule has 6 nitrogen and oxygen atoms in total. The van der Waals surface area contributed by atoms with Gasteiger partial charge in [0, 0.05) is 29.1 Å². The molecule has 136 valence electrons. The lowest BCUT2D eigenvalue weighted by atomic mass is 10.1. The second-order valence-electron chi connectivity index (χ2n) is 5.86. The Balaban J connectivity index is 1.81. The Morgan fingerprint density at radius 3 is 2.62 bits per heavy atom. The van der Waals surface area contributed by atoms with E-state index in [0.29, 0.717) is 10.6 Å². The first kappa shape index (κ1) is 19.5. The maximum Gasteiger partial charge on any atom is 0.240 e. The summed E-state index contributed by atoms with van der Waals surface area (Å²) in [5.74, 6) is -0.649. The number of halogens is 1. The maximum absolute atomic E-state index is 12.0. The summed E-state index contributed by atoms with van der Waals surface area (Å²) in [6.45, 7) is 3.85. The second-order valence-corrected chi connectivity index (χ2v) is 6.30. The van der Waals surface area contributed by atoms with Crippen molar-refractivity contribution < 1.29 is 14.7 Å². The summed E-state index contributed by atoms with van der Waals surface area (Å²) in [7, 11) is 0. The highest BCUT2D eigenvalue weighted by Gasteiger charge is 2.08. The summed E-state index contributed by atoms with van der Waals surface area (Å²) in [5, 5.41) is 16.6. The zero-order valence-corrected chi connectivity index (χ0v) is 15.3. The molecule has 2 amide bonds.